The molecule has 5 rings (SSSR count). The number of carbonyl (C=O) groups is 1. The molecule has 1 unspecified atom stereocenters. The third-order valence-corrected chi connectivity index (χ3v) is 5.87. The maximum absolute atomic E-state index is 13.8. The van der Waals surface area contributed by atoms with Gasteiger partial charge in [-0.3, -0.25) is 14.9 Å². The van der Waals surface area contributed by atoms with Crippen LogP contribution in [0.1, 0.15) is 16.8 Å². The van der Waals surface area contributed by atoms with Crippen molar-refractivity contribution in [2.24, 2.45) is 0 Å². The smallest absolute Gasteiger partial charge is 0.330 e. The zero-order valence-electron chi connectivity index (χ0n) is 17.1. The van der Waals surface area contributed by atoms with Gasteiger partial charge in [-0.2, -0.15) is 5.10 Å². The van der Waals surface area contributed by atoms with Gasteiger partial charge in [0.15, 0.2) is 0 Å². The van der Waals surface area contributed by atoms with E-state index in [0.29, 0.717) is 28.2 Å². The van der Waals surface area contributed by atoms with Crippen LogP contribution in [-0.4, -0.2) is 34.7 Å². The number of nitrogens with zero attached hydrogens (tertiary/aromatic N) is 4. The van der Waals surface area contributed by atoms with Crippen LogP contribution >= 0.6 is 0 Å². The second kappa shape index (κ2) is 6.43. The van der Waals surface area contributed by atoms with Gasteiger partial charge in [0.25, 0.3) is 11.8 Å². The summed E-state index contributed by atoms with van der Waals surface area (Å²) in [7, 11) is 3.15. The summed E-state index contributed by atoms with van der Waals surface area (Å²) in [5.41, 5.74) is 0.687. The molecule has 0 saturated carbocycles. The number of nitrogens with one attached hydrogen (secondary N) is 1. The van der Waals surface area contributed by atoms with Crippen LogP contribution in [0, 0.1) is 17.0 Å². The fourth-order valence-electron chi connectivity index (χ4n) is 4.63. The molecule has 9 nitrogen and oxygen atoms in total. The normalized spacial score (nSPS) is 19.3. The number of hydrogen-bond acceptors (Lipinski definition) is 6. The van der Waals surface area contributed by atoms with Gasteiger partial charge in [0.1, 0.15) is 0 Å². The monoisotopic (exact) mass is 417 g/mol. The summed E-state index contributed by atoms with van der Waals surface area (Å²) in [6.07, 6.45) is 0. The molecule has 0 radical (unpaired) electrons. The molecule has 156 valence electrons. The number of likely N-dealkylation sites (N-methyl/N-ethyl adjacent to an activating group) is 1. The number of nitro groups is 1. The maximum atomic E-state index is 13.8. The van der Waals surface area contributed by atoms with E-state index in [0.717, 1.165) is 0 Å². The summed E-state index contributed by atoms with van der Waals surface area (Å²) in [5, 5.41) is 19.8. The standard InChI is InChI=1S/C22H19N5O4/c1-13-17-20(26(24-13)14-9-5-4-6-10-14)31-19(23-2)18(27(29)30)22(17)15-11-7-8-12-16(15)25(3)21(22)28/h4-12,23H,1-3H3. The lowest BCUT2D eigenvalue weighted by Gasteiger charge is -2.31. The molecule has 1 N–H and O–H groups in total. The first-order chi connectivity index (χ1) is 14.9. The Morgan fingerprint density at radius 1 is 1.13 bits per heavy atom. The molecule has 3 aromatic rings. The highest BCUT2D eigenvalue weighted by molar-refractivity contribution is 6.13. The molecule has 31 heavy (non-hydrogen) atoms. The second-order valence-corrected chi connectivity index (χ2v) is 7.43. The summed E-state index contributed by atoms with van der Waals surface area (Å²) < 4.78 is 7.58. The molecular weight excluding hydrogens is 398 g/mol. The summed E-state index contributed by atoms with van der Waals surface area (Å²) in [4.78, 5) is 27.1. The summed E-state index contributed by atoms with van der Waals surface area (Å²) in [6, 6.07) is 16.4. The number of carbonyl (C=O) groups excluding carboxylic acids is 1. The molecule has 3 heterocycles. The third kappa shape index (κ3) is 2.25. The lowest BCUT2D eigenvalue weighted by Crippen LogP contribution is -2.48. The summed E-state index contributed by atoms with van der Waals surface area (Å²) in [5.74, 6) is -0.237. The van der Waals surface area contributed by atoms with Crippen molar-refractivity contribution in [2.45, 2.75) is 12.3 Å². The van der Waals surface area contributed by atoms with Gasteiger partial charge < -0.3 is 15.0 Å². The lowest BCUT2D eigenvalue weighted by atomic mass is 9.71. The van der Waals surface area contributed by atoms with Crippen molar-refractivity contribution in [2.75, 3.05) is 19.0 Å². The van der Waals surface area contributed by atoms with Gasteiger partial charge in [0, 0.05) is 25.3 Å². The van der Waals surface area contributed by atoms with E-state index in [1.807, 2.05) is 30.3 Å². The number of ether oxygens (including phenoxy) is 1. The Balaban J connectivity index is 1.94. The number of benzene rings is 2. The minimum atomic E-state index is -1.68. The van der Waals surface area contributed by atoms with E-state index >= 15 is 0 Å². The SMILES string of the molecule is CNC1=C([N+](=O)[O-])C2(C(=O)N(C)c3ccccc32)c2c(C)nn(-c3ccccc3)c2O1. The molecule has 2 aliphatic heterocycles. The third-order valence-electron chi connectivity index (χ3n) is 5.87. The number of anilines is 1. The Labute approximate surface area is 177 Å². The van der Waals surface area contributed by atoms with Gasteiger partial charge in [0.2, 0.25) is 11.3 Å². The van der Waals surface area contributed by atoms with Crippen LogP contribution in [0.25, 0.3) is 5.69 Å². The van der Waals surface area contributed by atoms with Crippen molar-refractivity contribution in [3.63, 3.8) is 0 Å². The van der Waals surface area contributed by atoms with Gasteiger partial charge >= 0.3 is 5.70 Å². The van der Waals surface area contributed by atoms with E-state index in [9.17, 15) is 14.9 Å². The molecule has 0 bridgehead atoms. The largest absolute Gasteiger partial charge is 0.416 e. The Hall–Kier alpha value is -4.14. The lowest BCUT2D eigenvalue weighted by molar-refractivity contribution is -0.436. The van der Waals surface area contributed by atoms with Crippen molar-refractivity contribution in [1.82, 2.24) is 15.1 Å². The predicted molar refractivity (Wildman–Crippen MR) is 113 cm³/mol. The number of para-hydroxylation sites is 2. The van der Waals surface area contributed by atoms with E-state index in [1.165, 1.54) is 11.9 Å². The van der Waals surface area contributed by atoms with E-state index in [-0.39, 0.29) is 17.5 Å². The van der Waals surface area contributed by atoms with Crippen molar-refractivity contribution < 1.29 is 14.5 Å². The van der Waals surface area contributed by atoms with Crippen molar-refractivity contribution in [3.05, 3.63) is 93.1 Å². The van der Waals surface area contributed by atoms with E-state index in [1.54, 1.807) is 42.9 Å². The van der Waals surface area contributed by atoms with Gasteiger partial charge in [-0.15, -0.1) is 0 Å². The highest BCUT2D eigenvalue weighted by Gasteiger charge is 2.66. The molecule has 0 saturated heterocycles. The van der Waals surface area contributed by atoms with Crippen molar-refractivity contribution in [1.29, 1.82) is 0 Å². The first-order valence-electron chi connectivity index (χ1n) is 9.70. The van der Waals surface area contributed by atoms with Crippen LogP contribution in [0.3, 0.4) is 0 Å². The molecule has 0 aliphatic carbocycles. The first-order valence-corrected chi connectivity index (χ1v) is 9.70. The minimum absolute atomic E-state index is 0.0898. The van der Waals surface area contributed by atoms with E-state index in [2.05, 4.69) is 10.4 Å². The highest BCUT2D eigenvalue weighted by atomic mass is 16.6. The van der Waals surface area contributed by atoms with Crippen LogP contribution in [0.4, 0.5) is 5.69 Å². The number of rotatable bonds is 3. The molecule has 1 amide bonds. The molecule has 1 atom stereocenters. The van der Waals surface area contributed by atoms with Crippen LogP contribution in [0.15, 0.2) is 66.2 Å². The van der Waals surface area contributed by atoms with Crippen molar-refractivity contribution >= 4 is 11.6 Å². The molecule has 1 spiro atoms. The molecule has 2 aliphatic rings. The van der Waals surface area contributed by atoms with Crippen LogP contribution in [0.2, 0.25) is 0 Å². The molecule has 1 aromatic heterocycles. The fourth-order valence-corrected chi connectivity index (χ4v) is 4.63. The number of hydrogen-bond donors (Lipinski definition) is 1. The fraction of sp³-hybridized carbons (Fsp3) is 0.182. The predicted octanol–water partition coefficient (Wildman–Crippen LogP) is 2.50. The zero-order chi connectivity index (χ0) is 21.9. The van der Waals surface area contributed by atoms with Gasteiger partial charge in [-0.05, 0) is 25.1 Å². The Bertz CT molecular complexity index is 1280. The zero-order valence-corrected chi connectivity index (χ0v) is 17.1. The number of amides is 1. The highest BCUT2D eigenvalue weighted by Crippen LogP contribution is 2.56. The van der Waals surface area contributed by atoms with Crippen LogP contribution < -0.4 is 15.0 Å². The van der Waals surface area contributed by atoms with Crippen LogP contribution in [0.5, 0.6) is 5.88 Å². The topological polar surface area (TPSA) is 103 Å². The minimum Gasteiger partial charge on any atom is -0.416 e. The summed E-state index contributed by atoms with van der Waals surface area (Å²) >= 11 is 0. The second-order valence-electron chi connectivity index (χ2n) is 7.43. The Morgan fingerprint density at radius 3 is 2.48 bits per heavy atom. The molecule has 2 aromatic carbocycles. The number of aromatic nitrogens is 2. The number of aryl methyl sites for hydroxylation is 1. The number of fused-ring (bicyclic) bond motifs is 4. The van der Waals surface area contributed by atoms with E-state index in [4.69, 9.17) is 4.74 Å². The molecular formula is C22H19N5O4. The van der Waals surface area contributed by atoms with Gasteiger partial charge in [0.05, 0.1) is 21.9 Å². The Kier molecular flexibility index (Phi) is 3.91. The molecule has 0 fully saturated rings. The van der Waals surface area contributed by atoms with Crippen molar-refractivity contribution in [3.8, 4) is 11.6 Å². The summed E-state index contributed by atoms with van der Waals surface area (Å²) in [6.45, 7) is 1.74. The van der Waals surface area contributed by atoms with E-state index < -0.39 is 16.2 Å². The average molecular weight is 417 g/mol. The molecule has 9 heteroatoms. The quantitative estimate of drug-likeness (QED) is 0.519. The van der Waals surface area contributed by atoms with Gasteiger partial charge in [-0.25, -0.2) is 4.68 Å². The first kappa shape index (κ1) is 18.9. The Morgan fingerprint density at radius 2 is 1.81 bits per heavy atom. The van der Waals surface area contributed by atoms with Crippen LogP contribution in [-0.2, 0) is 10.2 Å². The average Bonchev–Trinajstić information content (AvgIpc) is 3.23. The van der Waals surface area contributed by atoms with Gasteiger partial charge in [-0.1, -0.05) is 36.4 Å². The maximum Gasteiger partial charge on any atom is 0.330 e.